The van der Waals surface area contributed by atoms with Gasteiger partial charge in [-0.1, -0.05) is 20.8 Å². The third-order valence-electron chi connectivity index (χ3n) is 2.15. The molecule has 0 unspecified atom stereocenters. The van der Waals surface area contributed by atoms with Crippen LogP contribution in [-0.2, 0) is 12.0 Å². The summed E-state index contributed by atoms with van der Waals surface area (Å²) in [6, 6.07) is 3.55. The average molecular weight is 225 g/mol. The molecule has 16 heavy (non-hydrogen) atoms. The number of aromatic nitrogens is 1. The molecular formula is C12H19NO3. The first-order valence-electron chi connectivity index (χ1n) is 5.33. The van der Waals surface area contributed by atoms with E-state index in [2.05, 4.69) is 4.98 Å². The summed E-state index contributed by atoms with van der Waals surface area (Å²) in [5.41, 5.74) is 1.54. The van der Waals surface area contributed by atoms with E-state index in [1.54, 1.807) is 6.07 Å². The van der Waals surface area contributed by atoms with Gasteiger partial charge in [0.2, 0.25) is 5.88 Å². The van der Waals surface area contributed by atoms with E-state index in [0.717, 1.165) is 11.3 Å². The molecule has 0 aliphatic carbocycles. The van der Waals surface area contributed by atoms with Gasteiger partial charge in [0, 0.05) is 11.5 Å². The molecule has 0 saturated heterocycles. The van der Waals surface area contributed by atoms with Crippen LogP contribution in [0, 0.1) is 0 Å². The highest BCUT2D eigenvalue weighted by Crippen LogP contribution is 2.24. The molecule has 0 aliphatic rings. The fourth-order valence-electron chi connectivity index (χ4n) is 1.26. The van der Waals surface area contributed by atoms with Gasteiger partial charge in [-0.2, -0.15) is 0 Å². The lowest BCUT2D eigenvalue weighted by Gasteiger charge is -2.19. The van der Waals surface area contributed by atoms with E-state index < -0.39 is 0 Å². The molecule has 1 rings (SSSR count). The Morgan fingerprint density at radius 2 is 1.94 bits per heavy atom. The van der Waals surface area contributed by atoms with E-state index in [9.17, 15) is 0 Å². The minimum Gasteiger partial charge on any atom is -0.475 e. The molecule has 0 amide bonds. The third kappa shape index (κ3) is 3.47. The maximum atomic E-state index is 9.14. The van der Waals surface area contributed by atoms with E-state index in [1.807, 2.05) is 26.8 Å². The molecule has 4 nitrogen and oxygen atoms in total. The number of rotatable bonds is 4. The van der Waals surface area contributed by atoms with Crippen molar-refractivity contribution in [3.05, 3.63) is 23.4 Å². The van der Waals surface area contributed by atoms with Crippen LogP contribution in [0.3, 0.4) is 0 Å². The first-order valence-corrected chi connectivity index (χ1v) is 5.33. The summed E-state index contributed by atoms with van der Waals surface area (Å²) < 4.78 is 5.26. The Morgan fingerprint density at radius 1 is 1.25 bits per heavy atom. The molecule has 0 aromatic carbocycles. The van der Waals surface area contributed by atoms with E-state index in [4.69, 9.17) is 14.9 Å². The zero-order valence-electron chi connectivity index (χ0n) is 10.0. The van der Waals surface area contributed by atoms with Gasteiger partial charge in [-0.3, -0.25) is 0 Å². The van der Waals surface area contributed by atoms with Crippen molar-refractivity contribution in [3.63, 3.8) is 0 Å². The molecule has 0 fully saturated rings. The van der Waals surface area contributed by atoms with Crippen molar-refractivity contribution in [3.8, 4) is 5.88 Å². The van der Waals surface area contributed by atoms with Gasteiger partial charge in [-0.05, 0) is 11.6 Å². The monoisotopic (exact) mass is 225 g/mol. The molecule has 0 saturated carbocycles. The summed E-state index contributed by atoms with van der Waals surface area (Å²) in [5, 5.41) is 17.8. The number of hydrogen-bond acceptors (Lipinski definition) is 4. The predicted molar refractivity (Wildman–Crippen MR) is 61.4 cm³/mol. The van der Waals surface area contributed by atoms with Crippen LogP contribution in [0.5, 0.6) is 5.88 Å². The Bertz CT molecular complexity index is 345. The predicted octanol–water partition coefficient (Wildman–Crippen LogP) is 1.24. The average Bonchev–Trinajstić information content (AvgIpc) is 2.24. The summed E-state index contributed by atoms with van der Waals surface area (Å²) in [6.07, 6.45) is 0. The number of ether oxygens (including phenoxy) is 1. The van der Waals surface area contributed by atoms with Gasteiger partial charge in [0.25, 0.3) is 0 Å². The molecular weight excluding hydrogens is 206 g/mol. The molecule has 0 spiro atoms. The second kappa shape index (κ2) is 5.27. The Balaban J connectivity index is 3.01. The Kier molecular flexibility index (Phi) is 4.26. The summed E-state index contributed by atoms with van der Waals surface area (Å²) >= 11 is 0. The molecule has 0 atom stereocenters. The zero-order chi connectivity index (χ0) is 12.2. The molecule has 2 N–H and O–H groups in total. The van der Waals surface area contributed by atoms with Gasteiger partial charge in [0.1, 0.15) is 6.61 Å². The Labute approximate surface area is 95.9 Å². The lowest BCUT2D eigenvalue weighted by atomic mass is 9.91. The molecule has 0 bridgehead atoms. The summed E-state index contributed by atoms with van der Waals surface area (Å²) in [6.45, 7) is 6.27. The molecule has 90 valence electrons. The van der Waals surface area contributed by atoms with Crippen LogP contribution in [0.4, 0.5) is 0 Å². The maximum absolute atomic E-state index is 9.14. The molecule has 1 aromatic heterocycles. The Hall–Kier alpha value is -1.13. The molecule has 1 heterocycles. The highest BCUT2D eigenvalue weighted by Gasteiger charge is 2.17. The fourth-order valence-corrected chi connectivity index (χ4v) is 1.26. The third-order valence-corrected chi connectivity index (χ3v) is 2.15. The highest BCUT2D eigenvalue weighted by molar-refractivity contribution is 5.28. The molecule has 1 aromatic rings. The van der Waals surface area contributed by atoms with Crippen molar-refractivity contribution >= 4 is 0 Å². The largest absolute Gasteiger partial charge is 0.475 e. The van der Waals surface area contributed by atoms with E-state index in [0.29, 0.717) is 5.88 Å². The first-order chi connectivity index (χ1) is 7.47. The number of nitrogens with zero attached hydrogens (tertiary/aromatic N) is 1. The first kappa shape index (κ1) is 12.9. The van der Waals surface area contributed by atoms with Crippen LogP contribution < -0.4 is 4.74 Å². The molecule has 0 aliphatic heterocycles. The normalized spacial score (nSPS) is 11.6. The van der Waals surface area contributed by atoms with Gasteiger partial charge in [0.15, 0.2) is 0 Å². The highest BCUT2D eigenvalue weighted by atomic mass is 16.5. The van der Waals surface area contributed by atoms with Gasteiger partial charge in [0.05, 0.1) is 18.9 Å². The second-order valence-corrected chi connectivity index (χ2v) is 4.68. The Morgan fingerprint density at radius 3 is 2.44 bits per heavy atom. The van der Waals surface area contributed by atoms with Crippen LogP contribution in [0.15, 0.2) is 12.1 Å². The lowest BCUT2D eigenvalue weighted by Crippen LogP contribution is -2.15. The van der Waals surface area contributed by atoms with Gasteiger partial charge in [-0.15, -0.1) is 0 Å². The van der Waals surface area contributed by atoms with Crippen molar-refractivity contribution in [1.29, 1.82) is 0 Å². The topological polar surface area (TPSA) is 62.6 Å². The van der Waals surface area contributed by atoms with Crippen LogP contribution in [0.2, 0.25) is 0 Å². The van der Waals surface area contributed by atoms with Crippen molar-refractivity contribution in [1.82, 2.24) is 4.98 Å². The van der Waals surface area contributed by atoms with Crippen molar-refractivity contribution < 1.29 is 14.9 Å². The zero-order valence-corrected chi connectivity index (χ0v) is 10.0. The van der Waals surface area contributed by atoms with Crippen molar-refractivity contribution in [2.75, 3.05) is 13.2 Å². The number of pyridine rings is 1. The van der Waals surface area contributed by atoms with Crippen LogP contribution in [0.1, 0.15) is 32.0 Å². The second-order valence-electron chi connectivity index (χ2n) is 4.68. The van der Waals surface area contributed by atoms with Crippen LogP contribution in [0.25, 0.3) is 0 Å². The lowest BCUT2D eigenvalue weighted by molar-refractivity contribution is 0.195. The van der Waals surface area contributed by atoms with E-state index in [-0.39, 0.29) is 25.2 Å². The van der Waals surface area contributed by atoms with Gasteiger partial charge in [-0.25, -0.2) is 4.98 Å². The van der Waals surface area contributed by atoms with Crippen molar-refractivity contribution in [2.45, 2.75) is 32.8 Å². The quantitative estimate of drug-likeness (QED) is 0.809. The number of aliphatic hydroxyl groups excluding tert-OH is 2. The smallest absolute Gasteiger partial charge is 0.213 e. The summed E-state index contributed by atoms with van der Waals surface area (Å²) in [5.74, 6) is 0.450. The summed E-state index contributed by atoms with van der Waals surface area (Å²) in [7, 11) is 0. The minimum absolute atomic E-state index is 0.0406. The van der Waals surface area contributed by atoms with Crippen molar-refractivity contribution in [2.24, 2.45) is 0 Å². The fraction of sp³-hybridized carbons (Fsp3) is 0.583. The van der Waals surface area contributed by atoms with E-state index in [1.165, 1.54) is 0 Å². The molecule has 0 radical (unpaired) electrons. The van der Waals surface area contributed by atoms with Crippen LogP contribution in [-0.4, -0.2) is 28.4 Å². The number of hydrogen-bond donors (Lipinski definition) is 2. The number of aliphatic hydroxyl groups is 2. The SMILES string of the molecule is CC(C)(C)c1cc(CO)cc(OCCO)n1. The van der Waals surface area contributed by atoms with Crippen LogP contribution >= 0.6 is 0 Å². The molecule has 4 heteroatoms. The maximum Gasteiger partial charge on any atom is 0.213 e. The minimum atomic E-state index is -0.0947. The summed E-state index contributed by atoms with van der Waals surface area (Å²) in [4.78, 5) is 4.35. The van der Waals surface area contributed by atoms with E-state index >= 15 is 0 Å². The van der Waals surface area contributed by atoms with Gasteiger partial charge < -0.3 is 14.9 Å². The standard InChI is InChI=1S/C12H19NO3/c1-12(2,3)10-6-9(8-15)7-11(13-10)16-5-4-14/h6-7,14-15H,4-5,8H2,1-3H3. The van der Waals surface area contributed by atoms with Gasteiger partial charge >= 0.3 is 0 Å².